The van der Waals surface area contributed by atoms with E-state index in [0.717, 1.165) is 12.8 Å². The van der Waals surface area contributed by atoms with E-state index in [-0.39, 0.29) is 18.2 Å². The van der Waals surface area contributed by atoms with Crippen LogP contribution in [0, 0.1) is 0 Å². The highest BCUT2D eigenvalue weighted by Crippen LogP contribution is 2.24. The maximum absolute atomic E-state index is 12.3. The molecule has 0 aromatic carbocycles. The lowest BCUT2D eigenvalue weighted by Gasteiger charge is -2.38. The highest BCUT2D eigenvalue weighted by atomic mass is 16.6. The zero-order valence-electron chi connectivity index (χ0n) is 14.5. The van der Waals surface area contributed by atoms with Crippen molar-refractivity contribution in [2.24, 2.45) is 0 Å². The van der Waals surface area contributed by atoms with Crippen molar-refractivity contribution in [3.63, 3.8) is 0 Å². The standard InChI is InChI=1S/C17H26N2O4/c1-12-6-7-14(11-19(12)16(20)23-17(2,3)4)22-15-10-13(21-5)8-9-18-15/h8-10,12,14H,6-7,11H2,1-5H3. The molecule has 0 saturated carbocycles. The van der Waals surface area contributed by atoms with E-state index in [9.17, 15) is 4.79 Å². The summed E-state index contributed by atoms with van der Waals surface area (Å²) in [6, 6.07) is 3.65. The summed E-state index contributed by atoms with van der Waals surface area (Å²) >= 11 is 0. The maximum Gasteiger partial charge on any atom is 0.410 e. The number of aromatic nitrogens is 1. The van der Waals surface area contributed by atoms with Crippen LogP contribution in [0.25, 0.3) is 0 Å². The molecule has 1 aromatic rings. The van der Waals surface area contributed by atoms with Gasteiger partial charge in [0.15, 0.2) is 0 Å². The Morgan fingerprint density at radius 3 is 2.74 bits per heavy atom. The minimum Gasteiger partial charge on any atom is -0.497 e. The second-order valence-electron chi connectivity index (χ2n) is 6.83. The first kappa shape index (κ1) is 17.4. The van der Waals surface area contributed by atoms with Gasteiger partial charge in [0.1, 0.15) is 17.5 Å². The van der Waals surface area contributed by atoms with Gasteiger partial charge < -0.3 is 19.1 Å². The van der Waals surface area contributed by atoms with Crippen LogP contribution in [0.2, 0.25) is 0 Å². The zero-order valence-corrected chi connectivity index (χ0v) is 14.5. The monoisotopic (exact) mass is 322 g/mol. The summed E-state index contributed by atoms with van der Waals surface area (Å²) < 4.78 is 16.6. The molecule has 2 heterocycles. The summed E-state index contributed by atoms with van der Waals surface area (Å²) in [5.74, 6) is 1.20. The normalized spacial score (nSPS) is 21.7. The van der Waals surface area contributed by atoms with Gasteiger partial charge in [0, 0.05) is 18.3 Å². The van der Waals surface area contributed by atoms with Crippen LogP contribution < -0.4 is 9.47 Å². The van der Waals surface area contributed by atoms with Crippen molar-refractivity contribution in [3.05, 3.63) is 18.3 Å². The molecule has 0 aliphatic carbocycles. The van der Waals surface area contributed by atoms with Crippen molar-refractivity contribution in [2.45, 2.75) is 58.3 Å². The predicted molar refractivity (Wildman–Crippen MR) is 86.8 cm³/mol. The summed E-state index contributed by atoms with van der Waals surface area (Å²) in [6.45, 7) is 8.13. The molecule has 1 saturated heterocycles. The average Bonchev–Trinajstić information content (AvgIpc) is 2.47. The number of amides is 1. The van der Waals surface area contributed by atoms with Crippen LogP contribution in [0.3, 0.4) is 0 Å². The van der Waals surface area contributed by atoms with Crippen molar-refractivity contribution in [2.75, 3.05) is 13.7 Å². The number of hydrogen-bond donors (Lipinski definition) is 0. The average molecular weight is 322 g/mol. The van der Waals surface area contributed by atoms with Crippen molar-refractivity contribution >= 4 is 6.09 Å². The number of nitrogens with zero attached hydrogens (tertiary/aromatic N) is 2. The third-order valence-corrected chi connectivity index (χ3v) is 3.70. The van der Waals surface area contributed by atoms with Crippen LogP contribution in [0.15, 0.2) is 18.3 Å². The fraction of sp³-hybridized carbons (Fsp3) is 0.647. The van der Waals surface area contributed by atoms with Gasteiger partial charge in [-0.25, -0.2) is 9.78 Å². The van der Waals surface area contributed by atoms with Crippen LogP contribution >= 0.6 is 0 Å². The molecule has 0 N–H and O–H groups in total. The zero-order chi connectivity index (χ0) is 17.0. The van der Waals surface area contributed by atoms with Gasteiger partial charge in [0.05, 0.1) is 13.7 Å². The number of likely N-dealkylation sites (tertiary alicyclic amines) is 1. The highest BCUT2D eigenvalue weighted by Gasteiger charge is 2.33. The molecule has 1 fully saturated rings. The third kappa shape index (κ3) is 5.01. The van der Waals surface area contributed by atoms with Gasteiger partial charge >= 0.3 is 6.09 Å². The maximum atomic E-state index is 12.3. The number of rotatable bonds is 3. The van der Waals surface area contributed by atoms with Crippen LogP contribution in [0.4, 0.5) is 4.79 Å². The number of ether oxygens (including phenoxy) is 3. The van der Waals surface area contributed by atoms with Crippen molar-refractivity contribution < 1.29 is 19.0 Å². The van der Waals surface area contributed by atoms with Gasteiger partial charge in [0.25, 0.3) is 0 Å². The first-order valence-electron chi connectivity index (χ1n) is 7.95. The Bertz CT molecular complexity index is 542. The Morgan fingerprint density at radius 1 is 1.35 bits per heavy atom. The minimum absolute atomic E-state index is 0.0988. The highest BCUT2D eigenvalue weighted by molar-refractivity contribution is 5.68. The van der Waals surface area contributed by atoms with Gasteiger partial charge in [0.2, 0.25) is 5.88 Å². The summed E-state index contributed by atoms with van der Waals surface area (Å²) in [6.07, 6.45) is 2.99. The molecule has 6 heteroatoms. The molecule has 0 spiro atoms. The molecule has 1 aromatic heterocycles. The number of methoxy groups -OCH3 is 1. The first-order valence-corrected chi connectivity index (χ1v) is 7.95. The predicted octanol–water partition coefficient (Wildman–Crippen LogP) is 3.26. The molecule has 1 aliphatic rings. The van der Waals surface area contributed by atoms with E-state index in [4.69, 9.17) is 14.2 Å². The molecule has 2 rings (SSSR count). The van der Waals surface area contributed by atoms with Gasteiger partial charge in [-0.15, -0.1) is 0 Å². The second-order valence-corrected chi connectivity index (χ2v) is 6.83. The molecule has 1 amide bonds. The quantitative estimate of drug-likeness (QED) is 0.855. The molecular formula is C17H26N2O4. The van der Waals surface area contributed by atoms with Crippen molar-refractivity contribution in [1.29, 1.82) is 0 Å². The fourth-order valence-corrected chi connectivity index (χ4v) is 2.50. The summed E-state index contributed by atoms with van der Waals surface area (Å²) in [5, 5.41) is 0. The molecule has 2 unspecified atom stereocenters. The van der Waals surface area contributed by atoms with Gasteiger partial charge in [-0.1, -0.05) is 0 Å². The largest absolute Gasteiger partial charge is 0.497 e. The molecule has 6 nitrogen and oxygen atoms in total. The molecule has 1 aliphatic heterocycles. The van der Waals surface area contributed by atoms with E-state index >= 15 is 0 Å². The molecule has 128 valence electrons. The Kier molecular flexibility index (Phi) is 5.34. The SMILES string of the molecule is COc1ccnc(OC2CCC(C)N(C(=O)OC(C)(C)C)C2)c1. The van der Waals surface area contributed by atoms with E-state index in [2.05, 4.69) is 4.98 Å². The van der Waals surface area contributed by atoms with Gasteiger partial charge in [-0.3, -0.25) is 0 Å². The van der Waals surface area contributed by atoms with E-state index < -0.39 is 5.60 Å². The lowest BCUT2D eigenvalue weighted by atomic mass is 10.0. The number of hydrogen-bond acceptors (Lipinski definition) is 5. The van der Waals surface area contributed by atoms with E-state index in [0.29, 0.717) is 18.2 Å². The summed E-state index contributed by atoms with van der Waals surface area (Å²) in [7, 11) is 1.60. The number of carbonyl (C=O) groups is 1. The third-order valence-electron chi connectivity index (χ3n) is 3.70. The smallest absolute Gasteiger partial charge is 0.410 e. The van der Waals surface area contributed by atoms with E-state index in [1.54, 1.807) is 30.3 Å². The second kappa shape index (κ2) is 7.06. The minimum atomic E-state index is -0.501. The summed E-state index contributed by atoms with van der Waals surface area (Å²) in [4.78, 5) is 18.3. The molecular weight excluding hydrogens is 296 g/mol. The molecule has 0 radical (unpaired) electrons. The van der Waals surface area contributed by atoms with Crippen LogP contribution in [-0.2, 0) is 4.74 Å². The Balaban J connectivity index is 2.00. The number of pyridine rings is 1. The van der Waals surface area contributed by atoms with Crippen molar-refractivity contribution in [3.8, 4) is 11.6 Å². The Hall–Kier alpha value is -1.98. The lowest BCUT2D eigenvalue weighted by Crippen LogP contribution is -2.50. The van der Waals surface area contributed by atoms with Crippen LogP contribution in [0.1, 0.15) is 40.5 Å². The topological polar surface area (TPSA) is 60.9 Å². The first-order chi connectivity index (χ1) is 10.8. The molecule has 2 atom stereocenters. The fourth-order valence-electron chi connectivity index (χ4n) is 2.50. The van der Waals surface area contributed by atoms with E-state index in [1.165, 1.54) is 0 Å². The molecule has 0 bridgehead atoms. The van der Waals surface area contributed by atoms with Gasteiger partial charge in [-0.2, -0.15) is 0 Å². The van der Waals surface area contributed by atoms with Gasteiger partial charge in [-0.05, 0) is 46.6 Å². The number of piperidine rings is 1. The summed E-state index contributed by atoms with van der Waals surface area (Å²) in [5.41, 5.74) is -0.501. The number of carbonyl (C=O) groups excluding carboxylic acids is 1. The molecule has 23 heavy (non-hydrogen) atoms. The Labute approximate surface area is 137 Å². The lowest BCUT2D eigenvalue weighted by molar-refractivity contribution is -0.00600. The Morgan fingerprint density at radius 2 is 2.09 bits per heavy atom. The van der Waals surface area contributed by atoms with Crippen LogP contribution in [0.5, 0.6) is 11.6 Å². The van der Waals surface area contributed by atoms with Crippen LogP contribution in [-0.4, -0.2) is 47.4 Å². The van der Waals surface area contributed by atoms with Crippen molar-refractivity contribution in [1.82, 2.24) is 9.88 Å². The van der Waals surface area contributed by atoms with E-state index in [1.807, 2.05) is 27.7 Å².